The van der Waals surface area contributed by atoms with Gasteiger partial charge in [-0.05, 0) is 26.0 Å². The van der Waals surface area contributed by atoms with Crippen molar-refractivity contribution < 1.29 is 14.6 Å². The van der Waals surface area contributed by atoms with Gasteiger partial charge in [-0.15, -0.1) is 0 Å². The summed E-state index contributed by atoms with van der Waals surface area (Å²) in [7, 11) is 0. The number of nitrogens with zero attached hydrogens (tertiary/aromatic N) is 1. The van der Waals surface area contributed by atoms with E-state index in [1.54, 1.807) is 0 Å². The highest BCUT2D eigenvalue weighted by Crippen LogP contribution is 2.28. The van der Waals surface area contributed by atoms with E-state index in [-0.39, 0.29) is 12.5 Å². The molecule has 0 saturated heterocycles. The molecule has 0 amide bonds. The molecule has 0 radical (unpaired) electrons. The van der Waals surface area contributed by atoms with Gasteiger partial charge in [0, 0.05) is 19.6 Å². The Labute approximate surface area is 114 Å². The third-order valence-corrected chi connectivity index (χ3v) is 2.56. The van der Waals surface area contributed by atoms with Crippen molar-refractivity contribution in [3.63, 3.8) is 0 Å². The van der Waals surface area contributed by atoms with Gasteiger partial charge < -0.3 is 20.5 Å². The average molecular weight is 266 g/mol. The minimum atomic E-state index is -0.815. The van der Waals surface area contributed by atoms with Crippen LogP contribution in [0.2, 0.25) is 0 Å². The van der Waals surface area contributed by atoms with E-state index < -0.39 is 5.97 Å². The lowest BCUT2D eigenvalue weighted by atomic mass is 10.2. The zero-order chi connectivity index (χ0) is 14.3. The number of ether oxygens (including phenoxy) is 1. The van der Waals surface area contributed by atoms with E-state index in [4.69, 9.17) is 15.6 Å². The number of carboxylic acid groups (broad SMARTS) is 1. The normalized spacial score (nSPS) is 10.5. The molecular weight excluding hydrogens is 244 g/mol. The van der Waals surface area contributed by atoms with E-state index in [0.29, 0.717) is 19.6 Å². The van der Waals surface area contributed by atoms with E-state index in [1.165, 1.54) is 0 Å². The number of nitrogens with two attached hydrogens (primary N) is 1. The van der Waals surface area contributed by atoms with Crippen LogP contribution in [0.5, 0.6) is 5.75 Å². The van der Waals surface area contributed by atoms with Gasteiger partial charge in [0.15, 0.2) is 0 Å². The molecule has 0 bridgehead atoms. The molecule has 0 aliphatic heterocycles. The number of aliphatic carboxylic acids is 1. The number of rotatable bonds is 8. The van der Waals surface area contributed by atoms with Crippen molar-refractivity contribution in [1.82, 2.24) is 0 Å². The van der Waals surface area contributed by atoms with Gasteiger partial charge in [-0.2, -0.15) is 0 Å². The molecule has 0 heterocycles. The minimum Gasteiger partial charge on any atom is -0.489 e. The molecule has 106 valence electrons. The van der Waals surface area contributed by atoms with Crippen LogP contribution < -0.4 is 15.4 Å². The van der Waals surface area contributed by atoms with Crippen LogP contribution in [-0.4, -0.2) is 36.8 Å². The number of hydrogen-bond donors (Lipinski definition) is 2. The Morgan fingerprint density at radius 2 is 2.05 bits per heavy atom. The van der Waals surface area contributed by atoms with Gasteiger partial charge in [-0.25, -0.2) is 0 Å². The molecule has 0 spiro atoms. The summed E-state index contributed by atoms with van der Waals surface area (Å²) in [5.74, 6) is -0.0550. The van der Waals surface area contributed by atoms with Crippen molar-refractivity contribution in [1.29, 1.82) is 0 Å². The first-order chi connectivity index (χ1) is 9.04. The molecule has 5 heteroatoms. The molecule has 0 saturated carbocycles. The molecule has 1 rings (SSSR count). The maximum Gasteiger partial charge on any atom is 0.305 e. The Hall–Kier alpha value is -1.75. The molecule has 1 aromatic rings. The summed E-state index contributed by atoms with van der Waals surface area (Å²) in [5.41, 5.74) is 6.49. The van der Waals surface area contributed by atoms with E-state index >= 15 is 0 Å². The second-order valence-corrected chi connectivity index (χ2v) is 4.55. The second-order valence-electron chi connectivity index (χ2n) is 4.55. The standard InChI is InChI=1S/C14H22N2O3/c1-11(2)19-13-6-4-3-5-12(13)16(10-8-15)9-7-14(17)18/h3-6,11H,7-10,15H2,1-2H3,(H,17,18). The third kappa shape index (κ3) is 5.18. The van der Waals surface area contributed by atoms with Gasteiger partial charge in [0.05, 0.1) is 18.2 Å². The molecule has 1 aromatic carbocycles. The number of carboxylic acids is 1. The molecule has 0 fully saturated rings. The van der Waals surface area contributed by atoms with Crippen molar-refractivity contribution >= 4 is 11.7 Å². The van der Waals surface area contributed by atoms with Gasteiger partial charge in [0.25, 0.3) is 0 Å². The van der Waals surface area contributed by atoms with Crippen molar-refractivity contribution in [2.24, 2.45) is 5.73 Å². The Morgan fingerprint density at radius 3 is 2.63 bits per heavy atom. The highest BCUT2D eigenvalue weighted by Gasteiger charge is 2.13. The van der Waals surface area contributed by atoms with Crippen LogP contribution >= 0.6 is 0 Å². The predicted molar refractivity (Wildman–Crippen MR) is 75.7 cm³/mol. The van der Waals surface area contributed by atoms with Gasteiger partial charge in [0.1, 0.15) is 5.75 Å². The fraction of sp³-hybridized carbons (Fsp3) is 0.500. The number of anilines is 1. The second kappa shape index (κ2) is 7.63. The summed E-state index contributed by atoms with van der Waals surface area (Å²) >= 11 is 0. The zero-order valence-electron chi connectivity index (χ0n) is 11.5. The van der Waals surface area contributed by atoms with Gasteiger partial charge >= 0.3 is 5.97 Å². The van der Waals surface area contributed by atoms with E-state index in [0.717, 1.165) is 11.4 Å². The third-order valence-electron chi connectivity index (χ3n) is 2.56. The maximum atomic E-state index is 10.7. The smallest absolute Gasteiger partial charge is 0.305 e. The highest BCUT2D eigenvalue weighted by molar-refractivity contribution is 5.68. The SMILES string of the molecule is CC(C)Oc1ccccc1N(CCN)CCC(=O)O. The summed E-state index contributed by atoms with van der Waals surface area (Å²) < 4.78 is 5.75. The molecule has 0 atom stereocenters. The Kier molecular flexibility index (Phi) is 6.15. The summed E-state index contributed by atoms with van der Waals surface area (Å²) in [4.78, 5) is 12.7. The average Bonchev–Trinajstić information content (AvgIpc) is 2.34. The summed E-state index contributed by atoms with van der Waals surface area (Å²) in [6.07, 6.45) is 0.149. The molecule has 0 aromatic heterocycles. The molecule has 0 aliphatic carbocycles. The fourth-order valence-electron chi connectivity index (χ4n) is 1.81. The summed E-state index contributed by atoms with van der Waals surface area (Å²) in [6.45, 7) is 5.41. The summed E-state index contributed by atoms with van der Waals surface area (Å²) in [6, 6.07) is 7.63. The van der Waals surface area contributed by atoms with Crippen LogP contribution in [0.1, 0.15) is 20.3 Å². The lowest BCUT2D eigenvalue weighted by Gasteiger charge is -2.26. The van der Waals surface area contributed by atoms with Crippen molar-refractivity contribution in [3.8, 4) is 5.75 Å². The van der Waals surface area contributed by atoms with Gasteiger partial charge in [-0.1, -0.05) is 12.1 Å². The first-order valence-corrected chi connectivity index (χ1v) is 6.47. The van der Waals surface area contributed by atoms with E-state index in [9.17, 15) is 4.79 Å². The quantitative estimate of drug-likeness (QED) is 0.749. The summed E-state index contributed by atoms with van der Waals surface area (Å²) in [5, 5.41) is 8.80. The van der Waals surface area contributed by atoms with Crippen LogP contribution in [-0.2, 0) is 4.79 Å². The van der Waals surface area contributed by atoms with Crippen molar-refractivity contribution in [3.05, 3.63) is 24.3 Å². The largest absolute Gasteiger partial charge is 0.489 e. The lowest BCUT2D eigenvalue weighted by Crippen LogP contribution is -2.32. The van der Waals surface area contributed by atoms with Crippen molar-refractivity contribution in [2.45, 2.75) is 26.4 Å². The molecule has 0 aliphatic rings. The predicted octanol–water partition coefficient (Wildman–Crippen LogP) is 1.71. The van der Waals surface area contributed by atoms with Gasteiger partial charge in [-0.3, -0.25) is 4.79 Å². The lowest BCUT2D eigenvalue weighted by molar-refractivity contribution is -0.136. The Morgan fingerprint density at radius 1 is 1.37 bits per heavy atom. The first kappa shape index (κ1) is 15.3. The van der Waals surface area contributed by atoms with E-state index in [2.05, 4.69) is 0 Å². The van der Waals surface area contributed by atoms with Crippen LogP contribution in [0.3, 0.4) is 0 Å². The zero-order valence-corrected chi connectivity index (χ0v) is 11.5. The Balaban J connectivity index is 2.90. The highest BCUT2D eigenvalue weighted by atomic mass is 16.5. The van der Waals surface area contributed by atoms with Crippen molar-refractivity contribution in [2.75, 3.05) is 24.5 Å². The molecule has 5 nitrogen and oxygen atoms in total. The Bertz CT molecular complexity index is 407. The molecule has 3 N–H and O–H groups in total. The van der Waals surface area contributed by atoms with Crippen LogP contribution in [0.25, 0.3) is 0 Å². The van der Waals surface area contributed by atoms with Gasteiger partial charge in [0.2, 0.25) is 0 Å². The maximum absolute atomic E-state index is 10.7. The molecule has 19 heavy (non-hydrogen) atoms. The number of para-hydroxylation sites is 2. The minimum absolute atomic E-state index is 0.0698. The van der Waals surface area contributed by atoms with E-state index in [1.807, 2.05) is 43.0 Å². The number of benzene rings is 1. The van der Waals surface area contributed by atoms with Crippen LogP contribution in [0, 0.1) is 0 Å². The molecular formula is C14H22N2O3. The van der Waals surface area contributed by atoms with Crippen LogP contribution in [0.4, 0.5) is 5.69 Å². The number of hydrogen-bond acceptors (Lipinski definition) is 4. The number of carbonyl (C=O) groups is 1. The fourth-order valence-corrected chi connectivity index (χ4v) is 1.81. The monoisotopic (exact) mass is 266 g/mol. The molecule has 0 unspecified atom stereocenters. The first-order valence-electron chi connectivity index (χ1n) is 6.47. The topological polar surface area (TPSA) is 75.8 Å². The van der Waals surface area contributed by atoms with Crippen LogP contribution in [0.15, 0.2) is 24.3 Å².